The fourth-order valence-corrected chi connectivity index (χ4v) is 3.43. The average molecular weight is 304 g/mol. The number of nitrogens with zero attached hydrogens (tertiary/aromatic N) is 3. The summed E-state index contributed by atoms with van der Waals surface area (Å²) in [6.07, 6.45) is 1.80. The maximum atomic E-state index is 6.48. The predicted octanol–water partition coefficient (Wildman–Crippen LogP) is 4.84. The second-order valence-electron chi connectivity index (χ2n) is 5.29. The van der Waals surface area contributed by atoms with Crippen LogP contribution in [-0.4, -0.2) is 14.4 Å². The van der Waals surface area contributed by atoms with Gasteiger partial charge in [0.25, 0.3) is 0 Å². The largest absolute Gasteiger partial charge is 0.292 e. The standard InChI is InChI=1S/C18H10ClN3/c19-12-6-3-9-15-16(12)17-11(5-4-10-20-17)18-21-13-7-1-2-8-14(13)22(15)18/h1-10H. The molecule has 0 saturated heterocycles. The summed E-state index contributed by atoms with van der Waals surface area (Å²) in [6.45, 7) is 0. The molecule has 0 atom stereocenters. The summed E-state index contributed by atoms with van der Waals surface area (Å²) in [5.74, 6) is 0. The van der Waals surface area contributed by atoms with Gasteiger partial charge < -0.3 is 0 Å². The summed E-state index contributed by atoms with van der Waals surface area (Å²) < 4.78 is 2.17. The minimum Gasteiger partial charge on any atom is -0.292 e. The second-order valence-corrected chi connectivity index (χ2v) is 5.70. The maximum absolute atomic E-state index is 6.48. The first-order valence-electron chi connectivity index (χ1n) is 7.07. The van der Waals surface area contributed by atoms with Crippen molar-refractivity contribution in [2.24, 2.45) is 0 Å². The summed E-state index contributed by atoms with van der Waals surface area (Å²) in [4.78, 5) is 9.36. The lowest BCUT2D eigenvalue weighted by Gasteiger charge is -2.09. The Morgan fingerprint density at radius 2 is 1.73 bits per heavy atom. The van der Waals surface area contributed by atoms with Gasteiger partial charge in [0.2, 0.25) is 0 Å². The van der Waals surface area contributed by atoms with Crippen LogP contribution in [0.1, 0.15) is 0 Å². The molecule has 0 fully saturated rings. The quantitative estimate of drug-likeness (QED) is 0.383. The van der Waals surface area contributed by atoms with Gasteiger partial charge in [0.15, 0.2) is 0 Å². The molecule has 0 aliphatic carbocycles. The molecule has 104 valence electrons. The van der Waals surface area contributed by atoms with Gasteiger partial charge in [-0.15, -0.1) is 0 Å². The van der Waals surface area contributed by atoms with Crippen LogP contribution in [0.5, 0.6) is 0 Å². The summed E-state index contributed by atoms with van der Waals surface area (Å²) in [6, 6.07) is 18.1. The molecule has 5 rings (SSSR count). The van der Waals surface area contributed by atoms with Gasteiger partial charge in [0.05, 0.1) is 27.1 Å². The highest BCUT2D eigenvalue weighted by Gasteiger charge is 2.15. The number of halogens is 1. The fraction of sp³-hybridized carbons (Fsp3) is 0. The molecule has 2 aromatic carbocycles. The zero-order valence-electron chi connectivity index (χ0n) is 11.5. The van der Waals surface area contributed by atoms with Crippen LogP contribution in [0.2, 0.25) is 5.02 Å². The van der Waals surface area contributed by atoms with Gasteiger partial charge in [-0.3, -0.25) is 9.38 Å². The van der Waals surface area contributed by atoms with Crippen molar-refractivity contribution in [2.45, 2.75) is 0 Å². The Hall–Kier alpha value is -2.65. The van der Waals surface area contributed by atoms with E-state index in [1.165, 1.54) is 0 Å². The Balaban J connectivity index is 2.26. The van der Waals surface area contributed by atoms with E-state index in [-0.39, 0.29) is 0 Å². The van der Waals surface area contributed by atoms with E-state index in [9.17, 15) is 0 Å². The fourth-order valence-electron chi connectivity index (χ4n) is 3.17. The van der Waals surface area contributed by atoms with E-state index in [2.05, 4.69) is 21.5 Å². The van der Waals surface area contributed by atoms with Crippen LogP contribution in [0.3, 0.4) is 0 Å². The van der Waals surface area contributed by atoms with Crippen molar-refractivity contribution in [3.05, 3.63) is 65.8 Å². The van der Waals surface area contributed by atoms with E-state index in [4.69, 9.17) is 16.6 Å². The lowest BCUT2D eigenvalue weighted by Crippen LogP contribution is -1.93. The van der Waals surface area contributed by atoms with E-state index >= 15 is 0 Å². The zero-order chi connectivity index (χ0) is 14.7. The summed E-state index contributed by atoms with van der Waals surface area (Å²) in [5.41, 5.74) is 4.89. The molecule has 0 unspecified atom stereocenters. The normalized spacial score (nSPS) is 11.9. The Labute approximate surface area is 130 Å². The number of para-hydroxylation sites is 2. The first-order chi connectivity index (χ1) is 10.8. The van der Waals surface area contributed by atoms with E-state index in [1.807, 2.05) is 42.5 Å². The van der Waals surface area contributed by atoms with Crippen LogP contribution in [-0.2, 0) is 0 Å². The van der Waals surface area contributed by atoms with Gasteiger partial charge in [0, 0.05) is 17.0 Å². The van der Waals surface area contributed by atoms with Crippen molar-refractivity contribution < 1.29 is 0 Å². The van der Waals surface area contributed by atoms with Crippen molar-refractivity contribution in [2.75, 3.05) is 0 Å². The summed E-state index contributed by atoms with van der Waals surface area (Å²) >= 11 is 6.48. The van der Waals surface area contributed by atoms with Gasteiger partial charge in [-0.25, -0.2) is 4.98 Å². The average Bonchev–Trinajstić information content (AvgIpc) is 2.95. The molecule has 3 nitrogen and oxygen atoms in total. The first-order valence-corrected chi connectivity index (χ1v) is 7.44. The second kappa shape index (κ2) is 4.18. The van der Waals surface area contributed by atoms with Gasteiger partial charge >= 0.3 is 0 Å². The number of hydrogen-bond donors (Lipinski definition) is 0. The molecule has 0 radical (unpaired) electrons. The number of benzene rings is 2. The SMILES string of the molecule is Clc1cccc2c1c1ncccc1c1nc3ccccc3n21. The van der Waals surface area contributed by atoms with Crippen molar-refractivity contribution in [3.63, 3.8) is 0 Å². The van der Waals surface area contributed by atoms with Crippen molar-refractivity contribution >= 4 is 50.1 Å². The van der Waals surface area contributed by atoms with Crippen LogP contribution in [0, 0.1) is 0 Å². The Morgan fingerprint density at radius 1 is 0.864 bits per heavy atom. The van der Waals surface area contributed by atoms with E-state index < -0.39 is 0 Å². The van der Waals surface area contributed by atoms with Crippen LogP contribution in [0.15, 0.2) is 60.8 Å². The molecule has 0 N–H and O–H groups in total. The van der Waals surface area contributed by atoms with Crippen molar-refractivity contribution in [1.82, 2.24) is 14.4 Å². The number of imidazole rings is 1. The number of rotatable bonds is 0. The summed E-state index contributed by atoms with van der Waals surface area (Å²) in [5, 5.41) is 2.69. The Kier molecular flexibility index (Phi) is 2.27. The molecule has 3 aromatic heterocycles. The molecule has 0 bridgehead atoms. The zero-order valence-corrected chi connectivity index (χ0v) is 12.2. The predicted molar refractivity (Wildman–Crippen MR) is 90.5 cm³/mol. The smallest absolute Gasteiger partial charge is 0.147 e. The molecule has 0 amide bonds. The highest BCUT2D eigenvalue weighted by molar-refractivity contribution is 6.38. The molecular formula is C18H10ClN3. The number of aromatic nitrogens is 3. The lowest BCUT2D eigenvalue weighted by atomic mass is 10.1. The molecule has 3 heterocycles. The lowest BCUT2D eigenvalue weighted by molar-refractivity contribution is 1.30. The number of fused-ring (bicyclic) bond motifs is 8. The third-order valence-corrected chi connectivity index (χ3v) is 4.39. The Morgan fingerprint density at radius 3 is 2.68 bits per heavy atom. The van der Waals surface area contributed by atoms with Crippen LogP contribution < -0.4 is 0 Å². The highest BCUT2D eigenvalue weighted by Crippen LogP contribution is 2.34. The summed E-state index contributed by atoms with van der Waals surface area (Å²) in [7, 11) is 0. The van der Waals surface area contributed by atoms with Gasteiger partial charge in [-0.05, 0) is 36.4 Å². The van der Waals surface area contributed by atoms with E-state index in [0.717, 1.165) is 38.5 Å². The molecule has 0 aliphatic heterocycles. The van der Waals surface area contributed by atoms with Crippen LogP contribution in [0.4, 0.5) is 0 Å². The highest BCUT2D eigenvalue weighted by atomic mass is 35.5. The molecule has 5 aromatic rings. The third-order valence-electron chi connectivity index (χ3n) is 4.08. The Bertz CT molecular complexity index is 1190. The van der Waals surface area contributed by atoms with Crippen LogP contribution in [0.25, 0.3) is 38.5 Å². The minimum atomic E-state index is 0.709. The third kappa shape index (κ3) is 1.41. The molecule has 22 heavy (non-hydrogen) atoms. The monoisotopic (exact) mass is 303 g/mol. The number of pyridine rings is 2. The van der Waals surface area contributed by atoms with Crippen molar-refractivity contribution in [3.8, 4) is 0 Å². The molecule has 0 saturated carbocycles. The van der Waals surface area contributed by atoms with E-state index in [1.54, 1.807) is 6.20 Å². The maximum Gasteiger partial charge on any atom is 0.147 e. The minimum absolute atomic E-state index is 0.709. The van der Waals surface area contributed by atoms with E-state index in [0.29, 0.717) is 5.02 Å². The van der Waals surface area contributed by atoms with Gasteiger partial charge in [0.1, 0.15) is 5.65 Å². The molecule has 0 aliphatic rings. The molecule has 0 spiro atoms. The van der Waals surface area contributed by atoms with Crippen LogP contribution >= 0.6 is 11.6 Å². The molecule has 4 heteroatoms. The topological polar surface area (TPSA) is 30.2 Å². The van der Waals surface area contributed by atoms with Gasteiger partial charge in [-0.2, -0.15) is 0 Å². The number of hydrogen-bond acceptors (Lipinski definition) is 2. The first kappa shape index (κ1) is 12.0. The van der Waals surface area contributed by atoms with Gasteiger partial charge in [-0.1, -0.05) is 29.8 Å². The van der Waals surface area contributed by atoms with Crippen molar-refractivity contribution in [1.29, 1.82) is 0 Å². The molecular weight excluding hydrogens is 294 g/mol.